The number of hydrogen-bond acceptors (Lipinski definition) is 0. The second kappa shape index (κ2) is 2.47. The molecule has 0 unspecified atom stereocenters. The summed E-state index contributed by atoms with van der Waals surface area (Å²) in [5.74, 6) is 0.826. The first-order valence-electron chi connectivity index (χ1n) is 3.55. The van der Waals surface area contributed by atoms with Gasteiger partial charge in [0.25, 0.3) is 0 Å². The quantitative estimate of drug-likeness (QED) is 0.390. The van der Waals surface area contributed by atoms with Crippen LogP contribution in [0.3, 0.4) is 0 Å². The predicted molar refractivity (Wildman–Crippen MR) is 40.7 cm³/mol. The molecule has 0 bridgehead atoms. The van der Waals surface area contributed by atoms with Crippen molar-refractivity contribution in [1.82, 2.24) is 0 Å². The first kappa shape index (κ1) is 7.36. The molecule has 0 saturated carbocycles. The Hall–Kier alpha value is 0.250. The summed E-state index contributed by atoms with van der Waals surface area (Å²) in [5.41, 5.74) is 0. The fourth-order valence-electron chi connectivity index (χ4n) is 1.53. The molecular weight excluding hydrogens is 134 g/mol. The van der Waals surface area contributed by atoms with Gasteiger partial charge >= 0.3 is 0 Å². The van der Waals surface area contributed by atoms with Crippen molar-refractivity contribution in [2.24, 2.45) is 0 Å². The van der Waals surface area contributed by atoms with E-state index in [1.807, 2.05) is 0 Å². The molecule has 1 heterocycles. The van der Waals surface area contributed by atoms with Gasteiger partial charge in [0, 0.05) is 12.8 Å². The maximum atomic E-state index is 5.78. The van der Waals surface area contributed by atoms with Gasteiger partial charge in [-0.2, -0.15) is 0 Å². The number of alkyl halides is 1. The Labute approximate surface area is 62.2 Å². The van der Waals surface area contributed by atoms with Gasteiger partial charge in [-0.1, -0.05) is 0 Å². The molecule has 2 heteroatoms. The first-order valence-corrected chi connectivity index (χ1v) is 4.09. The summed E-state index contributed by atoms with van der Waals surface area (Å²) < 4.78 is 1.13. The lowest BCUT2D eigenvalue weighted by atomic mass is 10.2. The van der Waals surface area contributed by atoms with E-state index in [9.17, 15) is 0 Å². The van der Waals surface area contributed by atoms with Gasteiger partial charge in [-0.3, -0.25) is 0 Å². The standard InChI is InChI=1S/C7H15ClN/c1-9(2)5-3-4-7(9)6-8/h7H,3-6H2,1-2H3/q+1/t7-/m0/s1. The van der Waals surface area contributed by atoms with Gasteiger partial charge in [-0.15, -0.1) is 11.6 Å². The third-order valence-electron chi connectivity index (χ3n) is 2.44. The number of nitrogens with zero attached hydrogens (tertiary/aromatic N) is 1. The van der Waals surface area contributed by atoms with Crippen molar-refractivity contribution in [1.29, 1.82) is 0 Å². The fraction of sp³-hybridized carbons (Fsp3) is 1.00. The van der Waals surface area contributed by atoms with E-state index in [4.69, 9.17) is 11.6 Å². The highest BCUT2D eigenvalue weighted by molar-refractivity contribution is 6.18. The zero-order valence-electron chi connectivity index (χ0n) is 6.23. The average Bonchev–Trinajstić information content (AvgIpc) is 2.08. The van der Waals surface area contributed by atoms with E-state index in [0.29, 0.717) is 6.04 Å². The van der Waals surface area contributed by atoms with Crippen LogP contribution in [0.1, 0.15) is 12.8 Å². The van der Waals surface area contributed by atoms with Crippen molar-refractivity contribution < 1.29 is 4.48 Å². The van der Waals surface area contributed by atoms with Crippen molar-refractivity contribution in [2.45, 2.75) is 18.9 Å². The topological polar surface area (TPSA) is 0 Å². The van der Waals surface area contributed by atoms with Crippen LogP contribution in [0.2, 0.25) is 0 Å². The van der Waals surface area contributed by atoms with E-state index in [-0.39, 0.29) is 0 Å². The van der Waals surface area contributed by atoms with Crippen LogP contribution in [0.4, 0.5) is 0 Å². The molecule has 0 amide bonds. The van der Waals surface area contributed by atoms with Gasteiger partial charge in [0.2, 0.25) is 0 Å². The van der Waals surface area contributed by atoms with Crippen LogP contribution in [0, 0.1) is 0 Å². The maximum absolute atomic E-state index is 5.78. The highest BCUT2D eigenvalue weighted by Gasteiger charge is 2.32. The molecule has 1 aliphatic rings. The average molecular weight is 149 g/mol. The zero-order valence-corrected chi connectivity index (χ0v) is 6.99. The van der Waals surface area contributed by atoms with Gasteiger partial charge in [0.1, 0.15) is 6.04 Å². The van der Waals surface area contributed by atoms with Crippen molar-refractivity contribution in [2.75, 3.05) is 26.5 Å². The summed E-state index contributed by atoms with van der Waals surface area (Å²) in [6.07, 6.45) is 2.67. The Morgan fingerprint density at radius 3 is 2.44 bits per heavy atom. The van der Waals surface area contributed by atoms with Crippen LogP contribution in [0.25, 0.3) is 0 Å². The molecule has 0 spiro atoms. The molecule has 0 aliphatic carbocycles. The zero-order chi connectivity index (χ0) is 6.91. The van der Waals surface area contributed by atoms with Gasteiger partial charge in [-0.05, 0) is 0 Å². The summed E-state index contributed by atoms with van der Waals surface area (Å²) in [7, 11) is 4.53. The third kappa shape index (κ3) is 1.39. The van der Waals surface area contributed by atoms with Crippen molar-refractivity contribution in [3.63, 3.8) is 0 Å². The van der Waals surface area contributed by atoms with E-state index in [0.717, 1.165) is 10.4 Å². The molecule has 0 aromatic heterocycles. The lowest BCUT2D eigenvalue weighted by molar-refractivity contribution is -0.899. The van der Waals surface area contributed by atoms with Crippen molar-refractivity contribution >= 4 is 11.6 Å². The van der Waals surface area contributed by atoms with Gasteiger partial charge in [0.05, 0.1) is 26.5 Å². The number of quaternary nitrogens is 1. The lowest BCUT2D eigenvalue weighted by Crippen LogP contribution is -2.44. The smallest absolute Gasteiger partial charge is 0.103 e. The Morgan fingerprint density at radius 1 is 1.56 bits per heavy atom. The Kier molecular flexibility index (Phi) is 2.02. The minimum absolute atomic E-state index is 0.715. The highest BCUT2D eigenvalue weighted by Crippen LogP contribution is 2.22. The van der Waals surface area contributed by atoms with E-state index in [1.165, 1.54) is 19.4 Å². The van der Waals surface area contributed by atoms with Crippen LogP contribution in [-0.2, 0) is 0 Å². The molecule has 1 saturated heterocycles. The molecule has 1 rings (SSSR count). The van der Waals surface area contributed by atoms with Crippen LogP contribution < -0.4 is 0 Å². The monoisotopic (exact) mass is 148 g/mol. The number of rotatable bonds is 1. The highest BCUT2D eigenvalue weighted by atomic mass is 35.5. The molecule has 54 valence electrons. The van der Waals surface area contributed by atoms with Crippen LogP contribution in [0.5, 0.6) is 0 Å². The molecule has 0 N–H and O–H groups in total. The molecular formula is C7H15ClN+. The van der Waals surface area contributed by atoms with E-state index in [1.54, 1.807) is 0 Å². The minimum Gasteiger partial charge on any atom is -0.325 e. The summed E-state index contributed by atoms with van der Waals surface area (Å²) in [5, 5.41) is 0. The molecule has 1 atom stereocenters. The normalized spacial score (nSPS) is 33.0. The molecule has 0 aromatic carbocycles. The Balaban J connectivity index is 2.52. The summed E-state index contributed by atoms with van der Waals surface area (Å²) in [6, 6.07) is 0.715. The second-order valence-corrected chi connectivity index (χ2v) is 3.76. The number of likely N-dealkylation sites (tertiary alicyclic amines) is 1. The number of hydrogen-bond donors (Lipinski definition) is 0. The Bertz CT molecular complexity index is 101. The maximum Gasteiger partial charge on any atom is 0.103 e. The van der Waals surface area contributed by atoms with E-state index >= 15 is 0 Å². The second-order valence-electron chi connectivity index (χ2n) is 3.45. The largest absolute Gasteiger partial charge is 0.325 e. The molecule has 0 aromatic rings. The Morgan fingerprint density at radius 2 is 2.22 bits per heavy atom. The minimum atomic E-state index is 0.715. The molecule has 1 nitrogen and oxygen atoms in total. The summed E-state index contributed by atoms with van der Waals surface area (Å²) >= 11 is 5.78. The van der Waals surface area contributed by atoms with Crippen molar-refractivity contribution in [3.8, 4) is 0 Å². The molecule has 1 aliphatic heterocycles. The third-order valence-corrected chi connectivity index (χ3v) is 2.79. The molecule has 0 radical (unpaired) electrons. The van der Waals surface area contributed by atoms with Crippen LogP contribution in [0.15, 0.2) is 0 Å². The van der Waals surface area contributed by atoms with Gasteiger partial charge in [-0.25, -0.2) is 0 Å². The van der Waals surface area contributed by atoms with Gasteiger partial charge in [0.15, 0.2) is 0 Å². The summed E-state index contributed by atoms with van der Waals surface area (Å²) in [6.45, 7) is 1.30. The summed E-state index contributed by atoms with van der Waals surface area (Å²) in [4.78, 5) is 0. The predicted octanol–water partition coefficient (Wildman–Crippen LogP) is 1.46. The molecule has 1 fully saturated rings. The number of halogens is 1. The first-order chi connectivity index (χ1) is 4.17. The lowest BCUT2D eigenvalue weighted by Gasteiger charge is -2.30. The SMILES string of the molecule is C[N+]1(C)CCC[C@H]1CCl. The molecule has 9 heavy (non-hydrogen) atoms. The van der Waals surface area contributed by atoms with Gasteiger partial charge < -0.3 is 4.48 Å². The fourth-order valence-corrected chi connectivity index (χ4v) is 2.06. The van der Waals surface area contributed by atoms with E-state index < -0.39 is 0 Å². The van der Waals surface area contributed by atoms with Crippen molar-refractivity contribution in [3.05, 3.63) is 0 Å². The van der Waals surface area contributed by atoms with Crippen LogP contribution in [-0.4, -0.2) is 37.0 Å². The van der Waals surface area contributed by atoms with E-state index in [2.05, 4.69) is 14.1 Å². The van der Waals surface area contributed by atoms with Crippen LogP contribution >= 0.6 is 11.6 Å².